The number of primary amides is 1. The van der Waals surface area contributed by atoms with Crippen LogP contribution in [0.1, 0.15) is 57.8 Å². The summed E-state index contributed by atoms with van der Waals surface area (Å²) in [5.74, 6) is 0.778. The average molecular weight is 476 g/mol. The predicted molar refractivity (Wildman–Crippen MR) is 118 cm³/mol. The minimum atomic E-state index is -4.26. The highest BCUT2D eigenvalue weighted by Gasteiger charge is 2.59. The Labute approximate surface area is 192 Å². The zero-order chi connectivity index (χ0) is 23.6. The lowest BCUT2D eigenvalue weighted by Crippen LogP contribution is -2.61. The minimum absolute atomic E-state index is 0.134. The van der Waals surface area contributed by atoms with Crippen molar-refractivity contribution in [2.24, 2.45) is 34.8 Å². The van der Waals surface area contributed by atoms with E-state index in [0.29, 0.717) is 18.8 Å². The number of para-hydroxylation sites is 1. The zero-order valence-electron chi connectivity index (χ0n) is 18.4. The number of nitrogens with two attached hydrogens (primary N) is 1. The Morgan fingerprint density at radius 2 is 1.76 bits per heavy atom. The van der Waals surface area contributed by atoms with E-state index in [0.717, 1.165) is 44.6 Å². The number of carbonyl (C=O) groups is 2. The summed E-state index contributed by atoms with van der Waals surface area (Å²) in [6.07, 6.45) is 6.08. The van der Waals surface area contributed by atoms with Crippen LogP contribution in [-0.2, 0) is 19.6 Å². The maximum Gasteiger partial charge on any atom is 0.289 e. The van der Waals surface area contributed by atoms with Crippen molar-refractivity contribution in [2.45, 2.75) is 68.2 Å². The number of ketones is 1. The van der Waals surface area contributed by atoms with Gasteiger partial charge in [-0.3, -0.25) is 19.7 Å². The van der Waals surface area contributed by atoms with Gasteiger partial charge in [0.05, 0.1) is 10.5 Å². The van der Waals surface area contributed by atoms with Crippen LogP contribution in [0.5, 0.6) is 0 Å². The third kappa shape index (κ3) is 3.58. The number of Topliss-reactive ketones (excluding diaryl/α,β-unsaturated/α-hetero) is 1. The summed E-state index contributed by atoms with van der Waals surface area (Å²) in [4.78, 5) is 35.9. The summed E-state index contributed by atoms with van der Waals surface area (Å²) < 4.78 is 28.8. The van der Waals surface area contributed by atoms with Crippen LogP contribution in [0.25, 0.3) is 0 Å². The van der Waals surface area contributed by atoms with Gasteiger partial charge in [0, 0.05) is 17.9 Å². The van der Waals surface area contributed by atoms with Gasteiger partial charge in [0.2, 0.25) is 15.9 Å². The highest BCUT2D eigenvalue weighted by molar-refractivity contribution is 7.89. The van der Waals surface area contributed by atoms with Crippen LogP contribution in [0.15, 0.2) is 29.2 Å². The second-order valence-corrected chi connectivity index (χ2v) is 12.3. The molecule has 6 rings (SSSR count). The molecular weight excluding hydrogens is 446 g/mol. The summed E-state index contributed by atoms with van der Waals surface area (Å²) in [5, 5.41) is 11.3. The standard InChI is InChI=1S/C23H29N3O6S/c24-21(28)22-11-14-8-15(12-22)17(16(9-14)13-22)10-20(27)23(6-3-7-23)25-33(31,32)19-5-2-1-4-18(19)26(29)30/h1-2,4-5,14-17,25H,3,6-13H2,(H2,24,28). The van der Waals surface area contributed by atoms with E-state index >= 15 is 0 Å². The Bertz CT molecular complexity index is 1110. The maximum absolute atomic E-state index is 13.5. The van der Waals surface area contributed by atoms with Gasteiger partial charge in [-0.2, -0.15) is 4.72 Å². The highest BCUT2D eigenvalue weighted by atomic mass is 32.2. The van der Waals surface area contributed by atoms with E-state index in [4.69, 9.17) is 5.73 Å². The monoisotopic (exact) mass is 475 g/mol. The van der Waals surface area contributed by atoms with Gasteiger partial charge in [0.1, 0.15) is 0 Å². The van der Waals surface area contributed by atoms with Crippen molar-refractivity contribution in [1.82, 2.24) is 4.72 Å². The van der Waals surface area contributed by atoms with Crippen LogP contribution in [0.4, 0.5) is 5.69 Å². The molecule has 0 saturated heterocycles. The van der Waals surface area contributed by atoms with Gasteiger partial charge in [-0.15, -0.1) is 0 Å². The highest BCUT2D eigenvalue weighted by Crippen LogP contribution is 2.63. The molecule has 5 aliphatic rings. The van der Waals surface area contributed by atoms with Crippen LogP contribution in [0.2, 0.25) is 0 Å². The average Bonchev–Trinajstić information content (AvgIpc) is 2.72. The van der Waals surface area contributed by atoms with Gasteiger partial charge in [-0.1, -0.05) is 12.1 Å². The molecule has 2 unspecified atom stereocenters. The smallest absolute Gasteiger partial charge is 0.289 e. The van der Waals surface area contributed by atoms with Crippen LogP contribution < -0.4 is 10.5 Å². The van der Waals surface area contributed by atoms with Gasteiger partial charge >= 0.3 is 0 Å². The van der Waals surface area contributed by atoms with E-state index in [9.17, 15) is 28.1 Å². The molecule has 4 bridgehead atoms. The van der Waals surface area contributed by atoms with E-state index in [2.05, 4.69) is 4.72 Å². The molecule has 178 valence electrons. The van der Waals surface area contributed by atoms with Crippen molar-refractivity contribution in [2.75, 3.05) is 0 Å². The van der Waals surface area contributed by atoms with Crippen molar-refractivity contribution in [3.8, 4) is 0 Å². The normalized spacial score (nSPS) is 33.9. The van der Waals surface area contributed by atoms with E-state index in [1.165, 1.54) is 18.2 Å². The molecule has 0 heterocycles. The largest absolute Gasteiger partial charge is 0.369 e. The van der Waals surface area contributed by atoms with E-state index in [1.807, 2.05) is 0 Å². The molecule has 2 atom stereocenters. The molecule has 5 fully saturated rings. The fourth-order valence-electron chi connectivity index (χ4n) is 7.29. The van der Waals surface area contributed by atoms with Crippen molar-refractivity contribution in [1.29, 1.82) is 0 Å². The number of carbonyl (C=O) groups excluding carboxylic acids is 2. The first-order chi connectivity index (χ1) is 15.6. The molecule has 0 radical (unpaired) electrons. The Morgan fingerprint density at radius 1 is 1.12 bits per heavy atom. The first-order valence-electron chi connectivity index (χ1n) is 11.7. The molecule has 1 aromatic carbocycles. The number of hydrogen-bond acceptors (Lipinski definition) is 6. The molecular formula is C23H29N3O6S. The number of sulfonamides is 1. The van der Waals surface area contributed by atoms with Crippen LogP contribution >= 0.6 is 0 Å². The molecule has 5 saturated carbocycles. The molecule has 5 aliphatic carbocycles. The zero-order valence-corrected chi connectivity index (χ0v) is 19.2. The van der Waals surface area contributed by atoms with Gasteiger partial charge < -0.3 is 5.73 Å². The number of benzene rings is 1. The molecule has 0 aromatic heterocycles. The number of nitro groups is 1. The Balaban J connectivity index is 1.36. The van der Waals surface area contributed by atoms with Gasteiger partial charge in [-0.25, -0.2) is 8.42 Å². The molecule has 0 spiro atoms. The topological polar surface area (TPSA) is 149 Å². The first kappa shape index (κ1) is 22.5. The van der Waals surface area contributed by atoms with E-state index in [-0.39, 0.29) is 35.9 Å². The Hall–Kier alpha value is -2.33. The summed E-state index contributed by atoms with van der Waals surface area (Å²) >= 11 is 0. The van der Waals surface area contributed by atoms with Gasteiger partial charge in [-0.05, 0) is 81.1 Å². The quantitative estimate of drug-likeness (QED) is 0.436. The lowest BCUT2D eigenvalue weighted by molar-refractivity contribution is -0.387. The lowest BCUT2D eigenvalue weighted by Gasteiger charge is -2.59. The van der Waals surface area contributed by atoms with E-state index in [1.54, 1.807) is 0 Å². The number of nitrogens with one attached hydrogen (secondary N) is 1. The van der Waals surface area contributed by atoms with Crippen LogP contribution in [-0.4, -0.2) is 30.6 Å². The van der Waals surface area contributed by atoms with Crippen molar-refractivity contribution >= 4 is 27.4 Å². The van der Waals surface area contributed by atoms with Crippen LogP contribution in [0.3, 0.4) is 0 Å². The van der Waals surface area contributed by atoms with Crippen molar-refractivity contribution in [3.63, 3.8) is 0 Å². The molecule has 0 aliphatic heterocycles. The summed E-state index contributed by atoms with van der Waals surface area (Å²) in [6, 6.07) is 5.18. The third-order valence-corrected chi connectivity index (χ3v) is 10.4. The van der Waals surface area contributed by atoms with Crippen molar-refractivity contribution in [3.05, 3.63) is 34.4 Å². The maximum atomic E-state index is 13.5. The number of nitrogens with zero attached hydrogens (tertiary/aromatic N) is 1. The number of amides is 1. The van der Waals surface area contributed by atoms with Gasteiger partial charge in [0.15, 0.2) is 10.7 Å². The second kappa shape index (κ2) is 7.59. The SMILES string of the molecule is NC(=O)C12CC3CC(C1)C(CC(=O)C1(NS(=O)(=O)c4ccccc4[N+](=O)[O-])CCC1)C(C3)C2. The molecule has 3 N–H and O–H groups in total. The minimum Gasteiger partial charge on any atom is -0.369 e. The lowest BCUT2D eigenvalue weighted by atomic mass is 9.45. The Morgan fingerprint density at radius 3 is 2.30 bits per heavy atom. The first-order valence-corrected chi connectivity index (χ1v) is 13.1. The van der Waals surface area contributed by atoms with Crippen molar-refractivity contribution < 1.29 is 22.9 Å². The molecule has 1 amide bonds. The number of rotatable bonds is 8. The molecule has 1 aromatic rings. The molecule has 9 nitrogen and oxygen atoms in total. The summed E-state index contributed by atoms with van der Waals surface area (Å²) in [7, 11) is -4.26. The molecule has 10 heteroatoms. The fourth-order valence-corrected chi connectivity index (χ4v) is 8.91. The molecule has 33 heavy (non-hydrogen) atoms. The predicted octanol–water partition coefficient (Wildman–Crippen LogP) is 2.68. The second-order valence-electron chi connectivity index (χ2n) is 10.7. The number of nitro benzene ring substituents is 1. The van der Waals surface area contributed by atoms with Gasteiger partial charge in [0.25, 0.3) is 5.69 Å². The Kier molecular flexibility index (Phi) is 5.17. The summed E-state index contributed by atoms with van der Waals surface area (Å²) in [5.41, 5.74) is 3.61. The summed E-state index contributed by atoms with van der Waals surface area (Å²) in [6.45, 7) is 0. The third-order valence-electron chi connectivity index (χ3n) is 8.83. The fraction of sp³-hybridized carbons (Fsp3) is 0.652. The van der Waals surface area contributed by atoms with E-state index < -0.39 is 36.5 Å². The van der Waals surface area contributed by atoms with Crippen LogP contribution in [0, 0.1) is 39.2 Å². The number of hydrogen-bond donors (Lipinski definition) is 2.